The molecule has 21 heavy (non-hydrogen) atoms. The van der Waals surface area contributed by atoms with Crippen LogP contribution >= 0.6 is 15.9 Å². The molecule has 1 saturated heterocycles. The smallest absolute Gasteiger partial charge is 0.255 e. The van der Waals surface area contributed by atoms with Gasteiger partial charge in [0.25, 0.3) is 5.91 Å². The lowest BCUT2D eigenvalue weighted by atomic mass is 10.0. The van der Waals surface area contributed by atoms with Crippen molar-refractivity contribution >= 4 is 21.8 Å². The molecular formula is C16H23BrN2O2. The minimum atomic E-state index is 0.0642. The van der Waals surface area contributed by atoms with Crippen LogP contribution in [0.5, 0.6) is 5.75 Å². The lowest BCUT2D eigenvalue weighted by Gasteiger charge is -2.42. The number of hydrogen-bond acceptors (Lipinski definition) is 3. The summed E-state index contributed by atoms with van der Waals surface area (Å²) < 4.78 is 6.02. The quantitative estimate of drug-likeness (QED) is 0.818. The molecule has 0 aromatic heterocycles. The molecule has 0 unspecified atom stereocenters. The number of amides is 1. The Morgan fingerprint density at radius 3 is 2.33 bits per heavy atom. The molecule has 1 aromatic rings. The molecule has 116 valence electrons. The van der Waals surface area contributed by atoms with Crippen LogP contribution in [-0.2, 0) is 0 Å². The van der Waals surface area contributed by atoms with Crippen molar-refractivity contribution in [3.05, 3.63) is 28.2 Å². The maximum absolute atomic E-state index is 12.7. The summed E-state index contributed by atoms with van der Waals surface area (Å²) in [5, 5.41) is 0. The van der Waals surface area contributed by atoms with Gasteiger partial charge in [-0.3, -0.25) is 9.69 Å². The van der Waals surface area contributed by atoms with Crippen LogP contribution in [0.25, 0.3) is 0 Å². The first-order valence-electron chi connectivity index (χ1n) is 7.21. The fourth-order valence-electron chi connectivity index (χ4n) is 2.55. The lowest BCUT2D eigenvalue weighted by molar-refractivity contribution is 0.0450. The van der Waals surface area contributed by atoms with E-state index in [0.717, 1.165) is 30.7 Å². The van der Waals surface area contributed by atoms with Crippen molar-refractivity contribution in [1.29, 1.82) is 0 Å². The molecule has 0 radical (unpaired) electrons. The lowest BCUT2D eigenvalue weighted by Crippen LogP contribution is -2.54. The van der Waals surface area contributed by atoms with Crippen LogP contribution in [-0.4, -0.2) is 54.5 Å². The second-order valence-electron chi connectivity index (χ2n) is 6.30. The molecule has 1 aromatic carbocycles. The number of piperazine rings is 1. The Morgan fingerprint density at radius 1 is 1.19 bits per heavy atom. The molecule has 1 amide bonds. The summed E-state index contributed by atoms with van der Waals surface area (Å²) in [6.45, 7) is 9.99. The summed E-state index contributed by atoms with van der Waals surface area (Å²) in [6.07, 6.45) is 0. The van der Waals surface area contributed by atoms with Crippen molar-refractivity contribution in [3.63, 3.8) is 0 Å². The third-order valence-corrected chi connectivity index (χ3v) is 4.61. The number of halogens is 1. The number of ether oxygens (including phenoxy) is 1. The Labute approximate surface area is 135 Å². The van der Waals surface area contributed by atoms with Crippen molar-refractivity contribution in [3.8, 4) is 5.75 Å². The number of carbonyl (C=O) groups is 1. The highest BCUT2D eigenvalue weighted by Crippen LogP contribution is 2.25. The molecule has 0 aliphatic carbocycles. The summed E-state index contributed by atoms with van der Waals surface area (Å²) in [4.78, 5) is 17.0. The van der Waals surface area contributed by atoms with Crippen LogP contribution in [0, 0.1) is 0 Å². The van der Waals surface area contributed by atoms with Gasteiger partial charge in [-0.25, -0.2) is 0 Å². The number of carbonyl (C=O) groups excluding carboxylic acids is 1. The average Bonchev–Trinajstić information content (AvgIpc) is 2.46. The van der Waals surface area contributed by atoms with Crippen LogP contribution in [0.1, 0.15) is 31.1 Å². The molecule has 4 nitrogen and oxygen atoms in total. The van der Waals surface area contributed by atoms with E-state index in [2.05, 4.69) is 41.6 Å². The molecule has 5 heteroatoms. The molecule has 0 saturated carbocycles. The summed E-state index contributed by atoms with van der Waals surface area (Å²) in [6, 6.07) is 5.50. The minimum Gasteiger partial charge on any atom is -0.497 e. The van der Waals surface area contributed by atoms with E-state index in [0.29, 0.717) is 11.3 Å². The van der Waals surface area contributed by atoms with Gasteiger partial charge in [-0.1, -0.05) is 0 Å². The van der Waals surface area contributed by atoms with E-state index in [1.54, 1.807) is 13.2 Å². The van der Waals surface area contributed by atoms with E-state index in [1.165, 1.54) is 0 Å². The first kappa shape index (κ1) is 16.3. The van der Waals surface area contributed by atoms with Crippen molar-refractivity contribution in [2.75, 3.05) is 33.3 Å². The molecule has 1 fully saturated rings. The second kappa shape index (κ2) is 6.36. The topological polar surface area (TPSA) is 32.8 Å². The van der Waals surface area contributed by atoms with Gasteiger partial charge in [0.05, 0.1) is 12.7 Å². The molecule has 0 spiro atoms. The van der Waals surface area contributed by atoms with Gasteiger partial charge in [0, 0.05) is 36.2 Å². The standard InChI is InChI=1S/C16H23BrN2O2/c1-16(2,3)19-9-7-18(8-10-19)15(20)13-11-12(21-4)5-6-14(13)17/h5-6,11H,7-10H2,1-4H3. The van der Waals surface area contributed by atoms with E-state index >= 15 is 0 Å². The van der Waals surface area contributed by atoms with E-state index < -0.39 is 0 Å². The largest absolute Gasteiger partial charge is 0.497 e. The van der Waals surface area contributed by atoms with Crippen LogP contribution in [0.2, 0.25) is 0 Å². The van der Waals surface area contributed by atoms with Crippen LogP contribution in [0.4, 0.5) is 0 Å². The molecular weight excluding hydrogens is 332 g/mol. The SMILES string of the molecule is COc1ccc(Br)c(C(=O)N2CCN(C(C)(C)C)CC2)c1. The molecule has 0 atom stereocenters. The van der Waals surface area contributed by atoms with Crippen molar-refractivity contribution in [2.45, 2.75) is 26.3 Å². The van der Waals surface area contributed by atoms with Gasteiger partial charge in [0.1, 0.15) is 5.75 Å². The predicted octanol–water partition coefficient (Wildman–Crippen LogP) is 3.01. The van der Waals surface area contributed by atoms with Crippen molar-refractivity contribution in [1.82, 2.24) is 9.80 Å². The molecule has 1 heterocycles. The van der Waals surface area contributed by atoms with Gasteiger partial charge in [0.15, 0.2) is 0 Å². The van der Waals surface area contributed by atoms with Crippen molar-refractivity contribution in [2.24, 2.45) is 0 Å². The summed E-state index contributed by atoms with van der Waals surface area (Å²) in [7, 11) is 1.61. The molecule has 2 rings (SSSR count). The number of benzene rings is 1. The van der Waals surface area contributed by atoms with Gasteiger partial charge in [0.2, 0.25) is 0 Å². The number of rotatable bonds is 2. The first-order valence-corrected chi connectivity index (χ1v) is 8.00. The van der Waals surface area contributed by atoms with Gasteiger partial charge in [-0.2, -0.15) is 0 Å². The Morgan fingerprint density at radius 2 is 1.81 bits per heavy atom. The zero-order valence-electron chi connectivity index (χ0n) is 13.1. The molecule has 1 aliphatic rings. The maximum Gasteiger partial charge on any atom is 0.255 e. The Kier molecular flexibility index (Phi) is 4.94. The minimum absolute atomic E-state index is 0.0642. The Balaban J connectivity index is 2.09. The number of methoxy groups -OCH3 is 1. The van der Waals surface area contributed by atoms with Gasteiger partial charge >= 0.3 is 0 Å². The maximum atomic E-state index is 12.7. The Hall–Kier alpha value is -1.07. The van der Waals surface area contributed by atoms with E-state index in [1.807, 2.05) is 17.0 Å². The molecule has 0 bridgehead atoms. The van der Waals surface area contributed by atoms with Gasteiger partial charge in [-0.15, -0.1) is 0 Å². The van der Waals surface area contributed by atoms with Crippen molar-refractivity contribution < 1.29 is 9.53 Å². The average molecular weight is 355 g/mol. The monoisotopic (exact) mass is 354 g/mol. The highest BCUT2D eigenvalue weighted by Gasteiger charge is 2.28. The normalized spacial score (nSPS) is 16.9. The molecule has 1 aliphatic heterocycles. The van der Waals surface area contributed by atoms with Crippen LogP contribution in [0.3, 0.4) is 0 Å². The fourth-order valence-corrected chi connectivity index (χ4v) is 2.96. The first-order chi connectivity index (χ1) is 9.82. The van der Waals surface area contributed by atoms with Gasteiger partial charge < -0.3 is 9.64 Å². The summed E-state index contributed by atoms with van der Waals surface area (Å²) in [5.41, 5.74) is 0.824. The third-order valence-electron chi connectivity index (χ3n) is 3.92. The van der Waals surface area contributed by atoms with Crippen LogP contribution in [0.15, 0.2) is 22.7 Å². The second-order valence-corrected chi connectivity index (χ2v) is 7.15. The predicted molar refractivity (Wildman–Crippen MR) is 87.9 cm³/mol. The Bertz CT molecular complexity index is 517. The third kappa shape index (κ3) is 3.77. The van der Waals surface area contributed by atoms with Crippen LogP contribution < -0.4 is 4.74 Å². The summed E-state index contributed by atoms with van der Waals surface area (Å²) >= 11 is 3.46. The number of hydrogen-bond donors (Lipinski definition) is 0. The zero-order valence-corrected chi connectivity index (χ0v) is 14.7. The molecule has 0 N–H and O–H groups in total. The summed E-state index contributed by atoms with van der Waals surface area (Å²) in [5.74, 6) is 0.768. The highest BCUT2D eigenvalue weighted by atomic mass is 79.9. The van der Waals surface area contributed by atoms with E-state index in [4.69, 9.17) is 4.74 Å². The zero-order chi connectivity index (χ0) is 15.6. The van der Waals surface area contributed by atoms with Gasteiger partial charge in [-0.05, 0) is 54.9 Å². The van der Waals surface area contributed by atoms with E-state index in [-0.39, 0.29) is 11.4 Å². The fraction of sp³-hybridized carbons (Fsp3) is 0.562. The van der Waals surface area contributed by atoms with E-state index in [9.17, 15) is 4.79 Å². The number of nitrogens with zero attached hydrogens (tertiary/aromatic N) is 2. The highest BCUT2D eigenvalue weighted by molar-refractivity contribution is 9.10.